The topological polar surface area (TPSA) is 60.5 Å². The first-order valence-electron chi connectivity index (χ1n) is 7.48. The van der Waals surface area contributed by atoms with Crippen LogP contribution in [0.1, 0.15) is 23.2 Å². The van der Waals surface area contributed by atoms with Crippen molar-refractivity contribution >= 4 is 23.2 Å². The molecule has 1 aromatic carbocycles. The fraction of sp³-hybridized carbons (Fsp3) is 0.294. The zero-order valence-corrected chi connectivity index (χ0v) is 13.3. The van der Waals surface area contributed by atoms with Crippen LogP contribution in [-0.4, -0.2) is 30.2 Å². The third-order valence-corrected chi connectivity index (χ3v) is 3.76. The van der Waals surface area contributed by atoms with E-state index in [0.717, 1.165) is 19.4 Å². The number of halogens is 1. The minimum absolute atomic E-state index is 0.161. The largest absolute Gasteiger partial charge is 0.491 e. The number of anilines is 1. The Bertz CT molecular complexity index is 670. The predicted molar refractivity (Wildman–Crippen MR) is 88.1 cm³/mol. The summed E-state index contributed by atoms with van der Waals surface area (Å²) in [6.45, 7) is 1.33. The Balaban J connectivity index is 1.60. The summed E-state index contributed by atoms with van der Waals surface area (Å²) in [5.41, 5.74) is 1.11. The SMILES string of the molecule is O=C(Nc1cccc(OCC2CCCO2)c1)c1ccc(Cl)nc1. The van der Waals surface area contributed by atoms with Gasteiger partial charge in [0, 0.05) is 24.6 Å². The van der Waals surface area contributed by atoms with Crippen molar-refractivity contribution in [3.63, 3.8) is 0 Å². The lowest BCUT2D eigenvalue weighted by Crippen LogP contribution is -2.16. The average molecular weight is 333 g/mol. The molecular formula is C17H17ClN2O3. The fourth-order valence-electron chi connectivity index (χ4n) is 2.34. The van der Waals surface area contributed by atoms with Gasteiger partial charge in [-0.25, -0.2) is 4.98 Å². The van der Waals surface area contributed by atoms with Crippen LogP contribution >= 0.6 is 11.6 Å². The van der Waals surface area contributed by atoms with E-state index in [0.29, 0.717) is 28.8 Å². The van der Waals surface area contributed by atoms with Crippen molar-refractivity contribution in [2.45, 2.75) is 18.9 Å². The average Bonchev–Trinajstić information content (AvgIpc) is 3.07. The maximum atomic E-state index is 12.1. The Kier molecular flexibility index (Phi) is 5.10. The summed E-state index contributed by atoms with van der Waals surface area (Å²) < 4.78 is 11.3. The summed E-state index contributed by atoms with van der Waals surface area (Å²) in [4.78, 5) is 16.0. The lowest BCUT2D eigenvalue weighted by Gasteiger charge is -2.12. The first-order chi connectivity index (χ1) is 11.2. The summed E-state index contributed by atoms with van der Waals surface area (Å²) in [7, 11) is 0. The van der Waals surface area contributed by atoms with Gasteiger partial charge in [0.1, 0.15) is 17.5 Å². The molecule has 0 saturated carbocycles. The number of nitrogens with one attached hydrogen (secondary N) is 1. The molecule has 1 aromatic heterocycles. The molecule has 120 valence electrons. The molecule has 1 saturated heterocycles. The number of amides is 1. The van der Waals surface area contributed by atoms with Crippen molar-refractivity contribution in [2.24, 2.45) is 0 Å². The molecule has 1 aliphatic heterocycles. The van der Waals surface area contributed by atoms with Gasteiger partial charge in [0.05, 0.1) is 11.7 Å². The van der Waals surface area contributed by atoms with Crippen LogP contribution in [0.3, 0.4) is 0 Å². The number of carbonyl (C=O) groups excluding carboxylic acids is 1. The minimum atomic E-state index is -0.245. The zero-order chi connectivity index (χ0) is 16.1. The second-order valence-corrected chi connectivity index (χ2v) is 5.68. The molecule has 1 amide bonds. The lowest BCUT2D eigenvalue weighted by atomic mass is 10.2. The number of nitrogens with zero attached hydrogens (tertiary/aromatic N) is 1. The van der Waals surface area contributed by atoms with Crippen molar-refractivity contribution in [3.8, 4) is 5.75 Å². The number of benzene rings is 1. The molecule has 1 N–H and O–H groups in total. The van der Waals surface area contributed by atoms with Gasteiger partial charge in [-0.3, -0.25) is 4.79 Å². The molecule has 2 heterocycles. The van der Waals surface area contributed by atoms with Gasteiger partial charge in [0.2, 0.25) is 0 Å². The summed E-state index contributed by atoms with van der Waals surface area (Å²) >= 11 is 5.72. The Morgan fingerprint density at radius 2 is 2.30 bits per heavy atom. The molecule has 1 atom stereocenters. The molecule has 0 spiro atoms. The first kappa shape index (κ1) is 15.8. The highest BCUT2D eigenvalue weighted by Crippen LogP contribution is 2.20. The van der Waals surface area contributed by atoms with Crippen LogP contribution in [0.15, 0.2) is 42.6 Å². The smallest absolute Gasteiger partial charge is 0.257 e. The van der Waals surface area contributed by atoms with Crippen molar-refractivity contribution < 1.29 is 14.3 Å². The van der Waals surface area contributed by atoms with E-state index in [4.69, 9.17) is 21.1 Å². The summed E-state index contributed by atoms with van der Waals surface area (Å²) in [6.07, 6.45) is 3.71. The summed E-state index contributed by atoms with van der Waals surface area (Å²) in [6, 6.07) is 10.5. The molecule has 1 aliphatic rings. The standard InChI is InChI=1S/C17H17ClN2O3/c18-16-7-6-12(10-19-16)17(21)20-13-3-1-4-14(9-13)23-11-15-5-2-8-22-15/h1,3-4,6-7,9-10,15H,2,5,8,11H2,(H,20,21). The minimum Gasteiger partial charge on any atom is -0.491 e. The molecule has 0 bridgehead atoms. The summed E-state index contributed by atoms with van der Waals surface area (Å²) in [5.74, 6) is 0.456. The van der Waals surface area contributed by atoms with Gasteiger partial charge in [0.15, 0.2) is 0 Å². The Morgan fingerprint density at radius 1 is 1.39 bits per heavy atom. The van der Waals surface area contributed by atoms with Crippen LogP contribution in [0.2, 0.25) is 5.15 Å². The molecule has 3 rings (SSSR count). The molecule has 23 heavy (non-hydrogen) atoms. The molecule has 0 aliphatic carbocycles. The Labute approximate surface area is 139 Å². The van der Waals surface area contributed by atoms with E-state index in [1.54, 1.807) is 24.3 Å². The highest BCUT2D eigenvalue weighted by atomic mass is 35.5. The number of carbonyl (C=O) groups is 1. The second-order valence-electron chi connectivity index (χ2n) is 5.30. The highest BCUT2D eigenvalue weighted by molar-refractivity contribution is 6.29. The number of rotatable bonds is 5. The van der Waals surface area contributed by atoms with E-state index in [-0.39, 0.29) is 12.0 Å². The van der Waals surface area contributed by atoms with Crippen molar-refractivity contribution in [3.05, 3.63) is 53.3 Å². The maximum absolute atomic E-state index is 12.1. The highest BCUT2D eigenvalue weighted by Gasteiger charge is 2.16. The van der Waals surface area contributed by atoms with Crippen molar-refractivity contribution in [2.75, 3.05) is 18.5 Å². The van der Waals surface area contributed by atoms with E-state index < -0.39 is 0 Å². The van der Waals surface area contributed by atoms with Crippen molar-refractivity contribution in [1.29, 1.82) is 0 Å². The fourth-order valence-corrected chi connectivity index (χ4v) is 2.45. The number of pyridine rings is 1. The van der Waals surface area contributed by atoms with Gasteiger partial charge in [-0.05, 0) is 37.1 Å². The zero-order valence-electron chi connectivity index (χ0n) is 12.5. The van der Waals surface area contributed by atoms with Crippen LogP contribution in [0, 0.1) is 0 Å². The van der Waals surface area contributed by atoms with Crippen LogP contribution in [-0.2, 0) is 4.74 Å². The lowest BCUT2D eigenvalue weighted by molar-refractivity contribution is 0.0680. The third kappa shape index (κ3) is 4.43. The Morgan fingerprint density at radius 3 is 3.04 bits per heavy atom. The number of hydrogen-bond donors (Lipinski definition) is 1. The first-order valence-corrected chi connectivity index (χ1v) is 7.86. The molecule has 0 radical (unpaired) electrons. The van der Waals surface area contributed by atoms with Gasteiger partial charge in [-0.1, -0.05) is 17.7 Å². The number of ether oxygens (including phenoxy) is 2. The molecule has 5 nitrogen and oxygen atoms in total. The van der Waals surface area contributed by atoms with E-state index in [9.17, 15) is 4.79 Å². The third-order valence-electron chi connectivity index (χ3n) is 3.54. The number of hydrogen-bond acceptors (Lipinski definition) is 4. The van der Waals surface area contributed by atoms with Gasteiger partial charge >= 0.3 is 0 Å². The van der Waals surface area contributed by atoms with Crippen LogP contribution in [0.5, 0.6) is 5.75 Å². The van der Waals surface area contributed by atoms with E-state index in [1.165, 1.54) is 6.20 Å². The number of aromatic nitrogens is 1. The molecule has 6 heteroatoms. The maximum Gasteiger partial charge on any atom is 0.257 e. The van der Waals surface area contributed by atoms with Gasteiger partial charge in [-0.2, -0.15) is 0 Å². The molecule has 2 aromatic rings. The molecular weight excluding hydrogens is 316 g/mol. The van der Waals surface area contributed by atoms with Gasteiger partial charge in [-0.15, -0.1) is 0 Å². The summed E-state index contributed by atoms with van der Waals surface area (Å²) in [5, 5.41) is 3.17. The normalized spacial score (nSPS) is 17.0. The van der Waals surface area contributed by atoms with Gasteiger partial charge in [0.25, 0.3) is 5.91 Å². The molecule has 1 fully saturated rings. The molecule has 1 unspecified atom stereocenters. The van der Waals surface area contributed by atoms with Crippen LogP contribution in [0.4, 0.5) is 5.69 Å². The van der Waals surface area contributed by atoms with E-state index >= 15 is 0 Å². The predicted octanol–water partition coefficient (Wildman–Crippen LogP) is 3.55. The monoisotopic (exact) mass is 332 g/mol. The van der Waals surface area contributed by atoms with Gasteiger partial charge < -0.3 is 14.8 Å². The van der Waals surface area contributed by atoms with E-state index in [1.807, 2.05) is 12.1 Å². The van der Waals surface area contributed by atoms with E-state index in [2.05, 4.69) is 10.3 Å². The quantitative estimate of drug-likeness (QED) is 0.851. The second kappa shape index (κ2) is 7.44. The van der Waals surface area contributed by atoms with Crippen LogP contribution in [0.25, 0.3) is 0 Å². The Hall–Kier alpha value is -2.11. The van der Waals surface area contributed by atoms with Crippen LogP contribution < -0.4 is 10.1 Å². The van der Waals surface area contributed by atoms with Crippen molar-refractivity contribution in [1.82, 2.24) is 4.98 Å².